The predicted octanol–water partition coefficient (Wildman–Crippen LogP) is 4.28. The molecule has 0 aliphatic heterocycles. The third-order valence-electron chi connectivity index (χ3n) is 3.17. The predicted molar refractivity (Wildman–Crippen MR) is 83.9 cm³/mol. The lowest BCUT2D eigenvalue weighted by Gasteiger charge is -2.07. The van der Waals surface area contributed by atoms with E-state index >= 15 is 0 Å². The van der Waals surface area contributed by atoms with Crippen molar-refractivity contribution in [3.05, 3.63) is 41.6 Å². The average molecular weight is 288 g/mol. The summed E-state index contributed by atoms with van der Waals surface area (Å²) in [6.07, 6.45) is 4.52. The molecule has 1 heterocycles. The third-order valence-corrected chi connectivity index (χ3v) is 4.33. The van der Waals surface area contributed by atoms with Gasteiger partial charge >= 0.3 is 0 Å². The van der Waals surface area contributed by atoms with Crippen LogP contribution in [0.15, 0.2) is 35.4 Å². The molecule has 106 valence electrons. The Morgan fingerprint density at radius 2 is 2.00 bits per heavy atom. The van der Waals surface area contributed by atoms with Gasteiger partial charge in [0.2, 0.25) is 0 Å². The number of rotatable bonds is 7. The number of hydrogen-bond donors (Lipinski definition) is 0. The maximum absolute atomic E-state index is 11.3. The van der Waals surface area contributed by atoms with E-state index in [4.69, 9.17) is 0 Å². The van der Waals surface area contributed by atoms with Gasteiger partial charge in [0.25, 0.3) is 0 Å². The molecule has 2 aromatic rings. The summed E-state index contributed by atoms with van der Waals surface area (Å²) in [5.41, 5.74) is 2.51. The van der Waals surface area contributed by atoms with Gasteiger partial charge in [0.1, 0.15) is 5.03 Å². The molecule has 0 spiro atoms. The second-order valence-corrected chi connectivity index (χ2v) is 5.81. The summed E-state index contributed by atoms with van der Waals surface area (Å²) in [6, 6.07) is 9.97. The summed E-state index contributed by atoms with van der Waals surface area (Å²) in [5, 5.41) is 5.47. The molecule has 2 rings (SSSR count). The van der Waals surface area contributed by atoms with Crippen molar-refractivity contribution in [1.82, 2.24) is 9.78 Å². The Morgan fingerprint density at radius 1 is 1.25 bits per heavy atom. The number of hydrogen-bond acceptors (Lipinski definition) is 3. The molecule has 20 heavy (non-hydrogen) atoms. The summed E-state index contributed by atoms with van der Waals surface area (Å²) in [5.74, 6) is 1.02. The fourth-order valence-corrected chi connectivity index (χ4v) is 3.22. The third kappa shape index (κ3) is 3.31. The van der Waals surface area contributed by atoms with Crippen molar-refractivity contribution >= 4 is 18.0 Å². The summed E-state index contributed by atoms with van der Waals surface area (Å²) in [6.45, 7) is 4.08. The highest BCUT2D eigenvalue weighted by Gasteiger charge is 2.16. The molecule has 0 atom stereocenters. The Kier molecular flexibility index (Phi) is 5.41. The zero-order valence-corrected chi connectivity index (χ0v) is 12.8. The van der Waals surface area contributed by atoms with Gasteiger partial charge in [0.05, 0.1) is 16.9 Å². The molecule has 1 aromatic carbocycles. The highest BCUT2D eigenvalue weighted by molar-refractivity contribution is 7.99. The van der Waals surface area contributed by atoms with Gasteiger partial charge in [-0.1, -0.05) is 38.0 Å². The Hall–Kier alpha value is -1.55. The van der Waals surface area contributed by atoms with E-state index < -0.39 is 0 Å². The van der Waals surface area contributed by atoms with E-state index in [1.165, 1.54) is 19.3 Å². The van der Waals surface area contributed by atoms with Crippen molar-refractivity contribution in [3.8, 4) is 5.69 Å². The molecular weight excluding hydrogens is 268 g/mol. The van der Waals surface area contributed by atoms with E-state index in [0.717, 1.165) is 34.0 Å². The van der Waals surface area contributed by atoms with Crippen LogP contribution < -0.4 is 0 Å². The zero-order chi connectivity index (χ0) is 14.4. The summed E-state index contributed by atoms with van der Waals surface area (Å²) < 4.78 is 1.88. The number of aryl methyl sites for hydroxylation is 1. The fourth-order valence-electron chi connectivity index (χ4n) is 2.06. The largest absolute Gasteiger partial charge is 0.298 e. The summed E-state index contributed by atoms with van der Waals surface area (Å²) >= 11 is 1.72. The van der Waals surface area contributed by atoms with Crippen LogP contribution in [-0.2, 0) is 0 Å². The Morgan fingerprint density at radius 3 is 2.65 bits per heavy atom. The zero-order valence-electron chi connectivity index (χ0n) is 12.0. The van der Waals surface area contributed by atoms with Crippen LogP contribution in [0.25, 0.3) is 5.69 Å². The maximum atomic E-state index is 11.3. The van der Waals surface area contributed by atoms with Crippen LogP contribution in [-0.4, -0.2) is 21.8 Å². The van der Waals surface area contributed by atoms with E-state index in [2.05, 4.69) is 12.0 Å². The van der Waals surface area contributed by atoms with E-state index in [0.29, 0.717) is 0 Å². The number of thioether (sulfide) groups is 1. The fraction of sp³-hybridized carbons (Fsp3) is 0.375. The highest BCUT2D eigenvalue weighted by atomic mass is 32.2. The molecular formula is C16H20N2OS. The van der Waals surface area contributed by atoms with E-state index in [1.54, 1.807) is 11.8 Å². The molecule has 0 unspecified atom stereocenters. The number of unbranched alkanes of at least 4 members (excludes halogenated alkanes) is 2. The molecule has 0 saturated heterocycles. The van der Waals surface area contributed by atoms with Crippen molar-refractivity contribution in [1.29, 1.82) is 0 Å². The normalized spacial score (nSPS) is 10.7. The number of carbonyl (C=O) groups excluding carboxylic acids is 1. The van der Waals surface area contributed by atoms with E-state index in [-0.39, 0.29) is 0 Å². The topological polar surface area (TPSA) is 34.9 Å². The van der Waals surface area contributed by atoms with Gasteiger partial charge in [-0.15, -0.1) is 11.8 Å². The first-order valence-electron chi connectivity index (χ1n) is 7.01. The van der Waals surface area contributed by atoms with E-state index in [1.807, 2.05) is 41.9 Å². The van der Waals surface area contributed by atoms with Crippen molar-refractivity contribution in [3.63, 3.8) is 0 Å². The molecule has 0 radical (unpaired) electrons. The quantitative estimate of drug-likeness (QED) is 0.433. The maximum Gasteiger partial charge on any atom is 0.154 e. The molecule has 0 aliphatic carbocycles. The van der Waals surface area contributed by atoms with Gasteiger partial charge in [-0.05, 0) is 31.2 Å². The van der Waals surface area contributed by atoms with Crippen molar-refractivity contribution in [2.45, 2.75) is 38.1 Å². The number of nitrogens with zero attached hydrogens (tertiary/aromatic N) is 2. The van der Waals surface area contributed by atoms with Gasteiger partial charge in [-0.2, -0.15) is 5.10 Å². The first-order chi connectivity index (χ1) is 9.77. The van der Waals surface area contributed by atoms with Crippen LogP contribution in [0.5, 0.6) is 0 Å². The number of benzene rings is 1. The van der Waals surface area contributed by atoms with Gasteiger partial charge in [0, 0.05) is 0 Å². The molecule has 0 N–H and O–H groups in total. The van der Waals surface area contributed by atoms with Crippen molar-refractivity contribution in [2.75, 3.05) is 5.75 Å². The van der Waals surface area contributed by atoms with Crippen LogP contribution in [0.3, 0.4) is 0 Å². The van der Waals surface area contributed by atoms with Crippen LogP contribution in [0, 0.1) is 6.92 Å². The lowest BCUT2D eigenvalue weighted by atomic mass is 10.3. The SMILES string of the molecule is CCCCCSc1c(C=O)c(C)nn1-c1ccccc1. The Labute approximate surface area is 124 Å². The van der Waals surface area contributed by atoms with Crippen LogP contribution in [0.4, 0.5) is 0 Å². The molecule has 0 aliphatic rings. The lowest BCUT2D eigenvalue weighted by Crippen LogP contribution is -1.99. The second kappa shape index (κ2) is 7.29. The first kappa shape index (κ1) is 14.9. The minimum absolute atomic E-state index is 0.718. The minimum Gasteiger partial charge on any atom is -0.298 e. The van der Waals surface area contributed by atoms with Crippen LogP contribution in [0.1, 0.15) is 42.2 Å². The molecule has 3 nitrogen and oxygen atoms in total. The van der Waals surface area contributed by atoms with Crippen LogP contribution >= 0.6 is 11.8 Å². The molecule has 0 fully saturated rings. The monoisotopic (exact) mass is 288 g/mol. The number of carbonyl (C=O) groups is 1. The molecule has 4 heteroatoms. The van der Waals surface area contributed by atoms with Gasteiger partial charge < -0.3 is 0 Å². The van der Waals surface area contributed by atoms with Crippen molar-refractivity contribution in [2.24, 2.45) is 0 Å². The number of aromatic nitrogens is 2. The summed E-state index contributed by atoms with van der Waals surface area (Å²) in [7, 11) is 0. The molecule has 0 saturated carbocycles. The smallest absolute Gasteiger partial charge is 0.154 e. The molecule has 0 amide bonds. The Balaban J connectivity index is 2.29. The second-order valence-electron chi connectivity index (χ2n) is 4.73. The van der Waals surface area contributed by atoms with Gasteiger partial charge in [-0.25, -0.2) is 4.68 Å². The number of para-hydroxylation sites is 1. The molecule has 1 aromatic heterocycles. The van der Waals surface area contributed by atoms with Crippen molar-refractivity contribution < 1.29 is 4.79 Å². The molecule has 0 bridgehead atoms. The average Bonchev–Trinajstić information content (AvgIpc) is 2.80. The number of aldehydes is 1. The van der Waals surface area contributed by atoms with Gasteiger partial charge in [-0.3, -0.25) is 4.79 Å². The van der Waals surface area contributed by atoms with Crippen LogP contribution in [0.2, 0.25) is 0 Å². The minimum atomic E-state index is 0.718. The highest BCUT2D eigenvalue weighted by Crippen LogP contribution is 2.28. The standard InChI is InChI=1S/C16H20N2OS/c1-3-4-8-11-20-16-15(12-19)13(2)17-18(16)14-9-6-5-7-10-14/h5-7,9-10,12H,3-4,8,11H2,1-2H3. The lowest BCUT2D eigenvalue weighted by molar-refractivity contribution is 0.112. The first-order valence-corrected chi connectivity index (χ1v) is 7.99. The summed E-state index contributed by atoms with van der Waals surface area (Å²) in [4.78, 5) is 11.3. The van der Waals surface area contributed by atoms with E-state index in [9.17, 15) is 4.79 Å². The Bertz CT molecular complexity index is 563. The van der Waals surface area contributed by atoms with Gasteiger partial charge in [0.15, 0.2) is 6.29 Å².